The van der Waals surface area contributed by atoms with Gasteiger partial charge in [-0.3, -0.25) is 9.59 Å². The standard InChI is InChI=1S/C10H18N2O5S/c1-8-7-11(9(13)3-4-10(14)15)5-6-12(8)18(2,16)17/h8H,3-7H2,1-2H3,(H,14,15)/t8-/m0/s1. The molecule has 0 bridgehead atoms. The molecule has 1 saturated heterocycles. The van der Waals surface area contributed by atoms with E-state index < -0.39 is 16.0 Å². The maximum Gasteiger partial charge on any atom is 0.303 e. The summed E-state index contributed by atoms with van der Waals surface area (Å²) in [5, 5.41) is 8.50. The van der Waals surface area contributed by atoms with E-state index in [4.69, 9.17) is 5.11 Å². The van der Waals surface area contributed by atoms with Crippen molar-refractivity contribution < 1.29 is 23.1 Å². The summed E-state index contributed by atoms with van der Waals surface area (Å²) < 4.78 is 24.2. The lowest BCUT2D eigenvalue weighted by atomic mass is 10.2. The molecule has 0 aromatic carbocycles. The van der Waals surface area contributed by atoms with Crippen molar-refractivity contribution in [3.63, 3.8) is 0 Å². The number of carbonyl (C=O) groups excluding carboxylic acids is 1. The maximum atomic E-state index is 11.7. The van der Waals surface area contributed by atoms with Crippen LogP contribution in [0.4, 0.5) is 0 Å². The van der Waals surface area contributed by atoms with Gasteiger partial charge in [0, 0.05) is 32.1 Å². The van der Waals surface area contributed by atoms with E-state index >= 15 is 0 Å². The van der Waals surface area contributed by atoms with Crippen LogP contribution in [-0.4, -0.2) is 66.5 Å². The molecule has 8 heteroatoms. The first kappa shape index (κ1) is 14.9. The van der Waals surface area contributed by atoms with Gasteiger partial charge in [0.15, 0.2) is 0 Å². The van der Waals surface area contributed by atoms with Crippen molar-refractivity contribution in [2.24, 2.45) is 0 Å². The Kier molecular flexibility index (Phi) is 4.69. The molecule has 1 N–H and O–H groups in total. The van der Waals surface area contributed by atoms with Crippen LogP contribution in [0.15, 0.2) is 0 Å². The minimum absolute atomic E-state index is 0.0407. The van der Waals surface area contributed by atoms with Crippen LogP contribution in [0.5, 0.6) is 0 Å². The van der Waals surface area contributed by atoms with Crippen LogP contribution < -0.4 is 0 Å². The molecule has 1 fully saturated rings. The van der Waals surface area contributed by atoms with Gasteiger partial charge >= 0.3 is 5.97 Å². The van der Waals surface area contributed by atoms with Crippen LogP contribution in [0.25, 0.3) is 0 Å². The van der Waals surface area contributed by atoms with Crippen LogP contribution in [0.2, 0.25) is 0 Å². The first-order chi connectivity index (χ1) is 8.21. The first-order valence-corrected chi connectivity index (χ1v) is 7.53. The Morgan fingerprint density at radius 2 is 1.89 bits per heavy atom. The zero-order chi connectivity index (χ0) is 13.9. The normalized spacial score (nSPS) is 21.9. The van der Waals surface area contributed by atoms with E-state index in [2.05, 4.69) is 0 Å². The Hall–Kier alpha value is -1.15. The van der Waals surface area contributed by atoms with Crippen molar-refractivity contribution in [3.05, 3.63) is 0 Å². The third-order valence-corrected chi connectivity index (χ3v) is 4.29. The van der Waals surface area contributed by atoms with E-state index in [1.165, 1.54) is 9.21 Å². The number of aliphatic carboxylic acids is 1. The summed E-state index contributed by atoms with van der Waals surface area (Å²) in [6, 6.07) is -0.275. The molecule has 18 heavy (non-hydrogen) atoms. The van der Waals surface area contributed by atoms with E-state index in [1.54, 1.807) is 6.92 Å². The number of nitrogens with zero attached hydrogens (tertiary/aromatic N) is 2. The fourth-order valence-electron chi connectivity index (χ4n) is 2.03. The van der Waals surface area contributed by atoms with Gasteiger partial charge in [0.05, 0.1) is 12.7 Å². The molecule has 1 aliphatic heterocycles. The zero-order valence-corrected chi connectivity index (χ0v) is 11.3. The van der Waals surface area contributed by atoms with E-state index in [0.717, 1.165) is 6.26 Å². The van der Waals surface area contributed by atoms with Crippen LogP contribution in [0.1, 0.15) is 19.8 Å². The fourth-order valence-corrected chi connectivity index (χ4v) is 3.17. The van der Waals surface area contributed by atoms with Gasteiger partial charge in [-0.25, -0.2) is 8.42 Å². The average molecular weight is 278 g/mol. The molecule has 1 atom stereocenters. The minimum atomic E-state index is -3.25. The van der Waals surface area contributed by atoms with Crippen molar-refractivity contribution >= 4 is 21.9 Å². The molecule has 0 spiro atoms. The molecule has 0 aromatic rings. The number of hydrogen-bond acceptors (Lipinski definition) is 4. The molecule has 7 nitrogen and oxygen atoms in total. The van der Waals surface area contributed by atoms with Crippen molar-refractivity contribution in [2.45, 2.75) is 25.8 Å². The van der Waals surface area contributed by atoms with Gasteiger partial charge < -0.3 is 10.0 Å². The summed E-state index contributed by atoms with van der Waals surface area (Å²) in [6.07, 6.45) is 0.909. The quantitative estimate of drug-likeness (QED) is 0.737. The number of carboxylic acid groups (broad SMARTS) is 1. The number of amides is 1. The lowest BCUT2D eigenvalue weighted by Crippen LogP contribution is -2.55. The summed E-state index contributed by atoms with van der Waals surface area (Å²) in [6.45, 7) is 2.62. The summed E-state index contributed by atoms with van der Waals surface area (Å²) in [5.41, 5.74) is 0. The van der Waals surface area contributed by atoms with E-state index in [9.17, 15) is 18.0 Å². The summed E-state index contributed by atoms with van der Waals surface area (Å²) in [7, 11) is -3.25. The van der Waals surface area contributed by atoms with E-state index in [0.29, 0.717) is 13.1 Å². The zero-order valence-electron chi connectivity index (χ0n) is 10.5. The molecule has 1 amide bonds. The van der Waals surface area contributed by atoms with Gasteiger partial charge in [0.1, 0.15) is 0 Å². The third kappa shape index (κ3) is 3.95. The minimum Gasteiger partial charge on any atom is -0.481 e. The largest absolute Gasteiger partial charge is 0.481 e. The highest BCUT2D eigenvalue weighted by molar-refractivity contribution is 7.88. The van der Waals surface area contributed by atoms with Crippen molar-refractivity contribution in [1.82, 2.24) is 9.21 Å². The fraction of sp³-hybridized carbons (Fsp3) is 0.800. The van der Waals surface area contributed by atoms with Crippen LogP contribution >= 0.6 is 0 Å². The summed E-state index contributed by atoms with van der Waals surface area (Å²) in [5.74, 6) is -1.25. The smallest absolute Gasteiger partial charge is 0.303 e. The second-order valence-corrected chi connectivity index (χ2v) is 6.39. The third-order valence-electron chi connectivity index (χ3n) is 2.90. The molecule has 1 rings (SSSR count). The van der Waals surface area contributed by atoms with E-state index in [-0.39, 0.29) is 31.3 Å². The number of rotatable bonds is 4. The lowest BCUT2D eigenvalue weighted by Gasteiger charge is -2.38. The van der Waals surface area contributed by atoms with Gasteiger partial charge in [0.2, 0.25) is 15.9 Å². The van der Waals surface area contributed by atoms with Gasteiger partial charge in [-0.2, -0.15) is 4.31 Å². The second-order valence-electron chi connectivity index (χ2n) is 4.46. The Morgan fingerprint density at radius 3 is 2.33 bits per heavy atom. The first-order valence-electron chi connectivity index (χ1n) is 5.68. The molecule has 0 radical (unpaired) electrons. The van der Waals surface area contributed by atoms with Crippen molar-refractivity contribution in [3.8, 4) is 0 Å². The Bertz CT molecular complexity index is 434. The highest BCUT2D eigenvalue weighted by Crippen LogP contribution is 2.14. The van der Waals surface area contributed by atoms with Gasteiger partial charge in [-0.15, -0.1) is 0 Å². The number of carbonyl (C=O) groups is 2. The van der Waals surface area contributed by atoms with Crippen LogP contribution in [0, 0.1) is 0 Å². The molecule has 0 saturated carbocycles. The van der Waals surface area contributed by atoms with Gasteiger partial charge in [0.25, 0.3) is 0 Å². The van der Waals surface area contributed by atoms with Gasteiger partial charge in [-0.05, 0) is 6.92 Å². The Labute approximate surface area is 106 Å². The average Bonchev–Trinajstić information content (AvgIpc) is 2.23. The molecular formula is C10H18N2O5S. The second kappa shape index (κ2) is 5.66. The predicted octanol–water partition coefficient (Wildman–Crippen LogP) is -0.656. The predicted molar refractivity (Wildman–Crippen MR) is 64.5 cm³/mol. The summed E-state index contributed by atoms with van der Waals surface area (Å²) >= 11 is 0. The molecule has 104 valence electrons. The highest BCUT2D eigenvalue weighted by atomic mass is 32.2. The molecule has 0 unspecified atom stereocenters. The van der Waals surface area contributed by atoms with Crippen LogP contribution in [-0.2, 0) is 19.6 Å². The number of hydrogen-bond donors (Lipinski definition) is 1. The monoisotopic (exact) mass is 278 g/mol. The molecular weight excluding hydrogens is 260 g/mol. The molecule has 1 heterocycles. The topological polar surface area (TPSA) is 95.0 Å². The SMILES string of the molecule is C[C@H]1CN(C(=O)CCC(=O)O)CCN1S(C)(=O)=O. The molecule has 1 aliphatic rings. The molecule has 0 aliphatic carbocycles. The Balaban J connectivity index is 2.55. The van der Waals surface area contributed by atoms with Gasteiger partial charge in [-0.1, -0.05) is 0 Å². The number of carboxylic acids is 1. The number of sulfonamides is 1. The lowest BCUT2D eigenvalue weighted by molar-refractivity contribution is -0.141. The maximum absolute atomic E-state index is 11.7. The summed E-state index contributed by atoms with van der Waals surface area (Å²) in [4.78, 5) is 23.6. The van der Waals surface area contributed by atoms with Crippen molar-refractivity contribution in [1.29, 1.82) is 0 Å². The van der Waals surface area contributed by atoms with Crippen molar-refractivity contribution in [2.75, 3.05) is 25.9 Å². The molecule has 0 aromatic heterocycles. The number of piperazine rings is 1. The van der Waals surface area contributed by atoms with E-state index in [1.807, 2.05) is 0 Å². The highest BCUT2D eigenvalue weighted by Gasteiger charge is 2.31. The Morgan fingerprint density at radius 1 is 1.28 bits per heavy atom. The van der Waals surface area contributed by atoms with Crippen LogP contribution in [0.3, 0.4) is 0 Å².